The van der Waals surface area contributed by atoms with Gasteiger partial charge in [0.05, 0.1) is 10.5 Å². The van der Waals surface area contributed by atoms with Gasteiger partial charge in [-0.3, -0.25) is 0 Å². The van der Waals surface area contributed by atoms with E-state index in [2.05, 4.69) is 4.79 Å². The number of hydrogen-bond donors (Lipinski definition) is 0. The van der Waals surface area contributed by atoms with Crippen molar-refractivity contribution in [2.24, 2.45) is 0 Å². The molecule has 0 saturated heterocycles. The van der Waals surface area contributed by atoms with Crippen LogP contribution in [0.2, 0.25) is 0 Å². The SMILES string of the molecule is Cc1ccccc1S(=O)(=O)C(=[N+]=[N-])c1ccc(F)cc1. The lowest BCUT2D eigenvalue weighted by Gasteiger charge is -2.04. The average molecular weight is 290 g/mol. The van der Waals surface area contributed by atoms with Gasteiger partial charge in [-0.25, -0.2) is 12.8 Å². The topological polar surface area (TPSA) is 70.5 Å². The van der Waals surface area contributed by atoms with Crippen molar-refractivity contribution in [3.8, 4) is 0 Å². The van der Waals surface area contributed by atoms with Gasteiger partial charge >= 0.3 is 5.04 Å². The summed E-state index contributed by atoms with van der Waals surface area (Å²) in [4.78, 5) is 2.94. The second-order valence-corrected chi connectivity index (χ2v) is 6.01. The molecule has 0 aliphatic carbocycles. The Morgan fingerprint density at radius 3 is 2.25 bits per heavy atom. The molecule has 6 heteroatoms. The van der Waals surface area contributed by atoms with Crippen molar-refractivity contribution in [2.45, 2.75) is 11.8 Å². The Labute approximate surface area is 116 Å². The fourth-order valence-electron chi connectivity index (χ4n) is 1.82. The van der Waals surface area contributed by atoms with Crippen molar-refractivity contribution in [1.29, 1.82) is 0 Å². The normalized spacial score (nSPS) is 10.9. The molecule has 2 rings (SSSR count). The number of benzene rings is 2. The zero-order valence-electron chi connectivity index (χ0n) is 10.6. The lowest BCUT2D eigenvalue weighted by Crippen LogP contribution is -2.18. The van der Waals surface area contributed by atoms with E-state index in [9.17, 15) is 12.8 Å². The van der Waals surface area contributed by atoms with Gasteiger partial charge in [-0.1, -0.05) is 18.2 Å². The molecule has 2 aromatic carbocycles. The zero-order valence-corrected chi connectivity index (χ0v) is 11.4. The van der Waals surface area contributed by atoms with E-state index in [0.29, 0.717) is 5.56 Å². The van der Waals surface area contributed by atoms with E-state index >= 15 is 0 Å². The van der Waals surface area contributed by atoms with Crippen LogP contribution in [0.3, 0.4) is 0 Å². The summed E-state index contributed by atoms with van der Waals surface area (Å²) in [6, 6.07) is 11.1. The van der Waals surface area contributed by atoms with E-state index in [4.69, 9.17) is 5.53 Å². The molecule has 102 valence electrons. The Morgan fingerprint density at radius 1 is 1.10 bits per heavy atom. The molecule has 0 unspecified atom stereocenters. The maximum absolute atomic E-state index is 12.9. The fraction of sp³-hybridized carbons (Fsp3) is 0.0714. The Hall–Kier alpha value is -2.30. The van der Waals surface area contributed by atoms with Gasteiger partial charge in [0, 0.05) is 0 Å². The summed E-state index contributed by atoms with van der Waals surface area (Å²) in [7, 11) is -3.97. The smallest absolute Gasteiger partial charge is 0.360 e. The predicted molar refractivity (Wildman–Crippen MR) is 72.5 cm³/mol. The molecule has 0 bridgehead atoms. The van der Waals surface area contributed by atoms with Crippen LogP contribution in [-0.2, 0) is 9.84 Å². The second-order valence-electron chi connectivity index (χ2n) is 4.18. The van der Waals surface area contributed by atoms with Gasteiger partial charge in [0.2, 0.25) is 0 Å². The van der Waals surface area contributed by atoms with E-state index in [1.54, 1.807) is 25.1 Å². The number of nitrogens with zero attached hydrogens (tertiary/aromatic N) is 2. The predicted octanol–water partition coefficient (Wildman–Crippen LogP) is 2.58. The van der Waals surface area contributed by atoms with Gasteiger partial charge < -0.3 is 5.53 Å². The first-order chi connectivity index (χ1) is 9.46. The van der Waals surface area contributed by atoms with Crippen LogP contribution in [0.1, 0.15) is 11.1 Å². The minimum absolute atomic E-state index is 0.0529. The summed E-state index contributed by atoms with van der Waals surface area (Å²) in [5.74, 6) is -0.501. The third-order valence-corrected chi connectivity index (χ3v) is 4.68. The number of sulfone groups is 1. The summed E-state index contributed by atoms with van der Waals surface area (Å²) in [6.07, 6.45) is 0. The Bertz CT molecular complexity index is 792. The molecule has 2 aromatic rings. The van der Waals surface area contributed by atoms with Crippen molar-refractivity contribution in [1.82, 2.24) is 0 Å². The largest absolute Gasteiger partial charge is 0.416 e. The van der Waals surface area contributed by atoms with Gasteiger partial charge in [-0.05, 0) is 42.8 Å². The molecule has 4 nitrogen and oxygen atoms in total. The average Bonchev–Trinajstić information content (AvgIpc) is 2.42. The molecular formula is C14H11FN2O2S. The van der Waals surface area contributed by atoms with Crippen LogP contribution in [0.25, 0.3) is 5.53 Å². The number of hydrogen-bond acceptors (Lipinski definition) is 2. The number of rotatable bonds is 2. The highest BCUT2D eigenvalue weighted by Crippen LogP contribution is 2.19. The minimum Gasteiger partial charge on any atom is -0.360 e. The molecule has 0 aliphatic heterocycles. The van der Waals surface area contributed by atoms with Gasteiger partial charge in [-0.15, -0.1) is 0 Å². The van der Waals surface area contributed by atoms with E-state index in [1.165, 1.54) is 18.2 Å². The maximum Gasteiger partial charge on any atom is 0.416 e. The molecule has 0 radical (unpaired) electrons. The zero-order chi connectivity index (χ0) is 14.8. The molecule has 0 heterocycles. The van der Waals surface area contributed by atoms with Gasteiger partial charge in [0.15, 0.2) is 0 Å². The van der Waals surface area contributed by atoms with Crippen LogP contribution in [0.5, 0.6) is 0 Å². The first kappa shape index (κ1) is 14.1. The van der Waals surface area contributed by atoms with E-state index in [-0.39, 0.29) is 10.5 Å². The van der Waals surface area contributed by atoms with Crippen molar-refractivity contribution in [3.63, 3.8) is 0 Å². The van der Waals surface area contributed by atoms with Gasteiger partial charge in [0.25, 0.3) is 9.84 Å². The van der Waals surface area contributed by atoms with Crippen LogP contribution >= 0.6 is 0 Å². The van der Waals surface area contributed by atoms with Crippen LogP contribution in [0, 0.1) is 12.7 Å². The van der Waals surface area contributed by atoms with Crippen LogP contribution in [0.15, 0.2) is 53.4 Å². The standard InChI is InChI=1S/C14H11FN2O2S/c1-10-4-2-3-5-13(10)20(18,19)14(17-16)11-6-8-12(15)9-7-11/h2-9H,1H3. The second kappa shape index (κ2) is 5.36. The minimum atomic E-state index is -3.97. The fourth-order valence-corrected chi connectivity index (χ4v) is 3.33. The monoisotopic (exact) mass is 290 g/mol. The van der Waals surface area contributed by atoms with Crippen molar-refractivity contribution in [2.75, 3.05) is 0 Å². The van der Waals surface area contributed by atoms with Crippen molar-refractivity contribution in [3.05, 3.63) is 71.0 Å². The van der Waals surface area contributed by atoms with Gasteiger partial charge in [0.1, 0.15) is 5.82 Å². The summed E-state index contributed by atoms with van der Waals surface area (Å²) >= 11 is 0. The molecule has 0 atom stereocenters. The Balaban J connectivity index is 2.61. The van der Waals surface area contributed by atoms with E-state index in [0.717, 1.165) is 12.1 Å². The van der Waals surface area contributed by atoms with Crippen molar-refractivity contribution >= 4 is 14.9 Å². The molecule has 0 fully saturated rings. The first-order valence-corrected chi connectivity index (χ1v) is 7.24. The van der Waals surface area contributed by atoms with Gasteiger partial charge in [-0.2, -0.15) is 4.79 Å². The Kier molecular flexibility index (Phi) is 3.79. The molecule has 0 spiro atoms. The summed E-state index contributed by atoms with van der Waals surface area (Å²) < 4.78 is 37.9. The highest BCUT2D eigenvalue weighted by molar-refractivity contribution is 8.06. The van der Waals surface area contributed by atoms with E-state index in [1.807, 2.05) is 0 Å². The number of halogens is 1. The summed E-state index contributed by atoms with van der Waals surface area (Å²) in [6.45, 7) is 1.65. The highest BCUT2D eigenvalue weighted by atomic mass is 32.2. The summed E-state index contributed by atoms with van der Waals surface area (Å²) in [5, 5.41) is -0.508. The van der Waals surface area contributed by atoms with Crippen molar-refractivity contribution < 1.29 is 17.6 Å². The number of aryl methyl sites for hydroxylation is 1. The van der Waals surface area contributed by atoms with Crippen LogP contribution in [0.4, 0.5) is 4.39 Å². The Morgan fingerprint density at radius 2 is 1.70 bits per heavy atom. The van der Waals surface area contributed by atoms with Crippen LogP contribution in [-0.4, -0.2) is 18.3 Å². The van der Waals surface area contributed by atoms with E-state index < -0.39 is 20.7 Å². The molecule has 0 N–H and O–H groups in total. The highest BCUT2D eigenvalue weighted by Gasteiger charge is 2.33. The molecule has 0 amide bonds. The lowest BCUT2D eigenvalue weighted by atomic mass is 10.2. The summed E-state index contributed by atoms with van der Waals surface area (Å²) in [5.41, 5.74) is 9.71. The van der Waals surface area contributed by atoms with Crippen LogP contribution < -0.4 is 0 Å². The molecule has 20 heavy (non-hydrogen) atoms. The molecule has 0 aliphatic rings. The first-order valence-electron chi connectivity index (χ1n) is 5.75. The maximum atomic E-state index is 12.9. The molecule has 0 saturated carbocycles. The third kappa shape index (κ3) is 2.52. The third-order valence-electron chi connectivity index (χ3n) is 2.82. The molecule has 0 aromatic heterocycles. The molecular weight excluding hydrogens is 279 g/mol. The quantitative estimate of drug-likeness (QED) is 0.369. The lowest BCUT2D eigenvalue weighted by molar-refractivity contribution is 0.000598.